The highest BCUT2D eigenvalue weighted by atomic mass is 32.1. The first-order valence-electron chi connectivity index (χ1n) is 5.11. The van der Waals surface area contributed by atoms with E-state index in [1.54, 1.807) is 18.4 Å². The fourth-order valence-electron chi connectivity index (χ4n) is 1.43. The van der Waals surface area contributed by atoms with Gasteiger partial charge in [0.15, 0.2) is 0 Å². The van der Waals surface area contributed by atoms with E-state index >= 15 is 0 Å². The lowest BCUT2D eigenvalue weighted by atomic mass is 10.2. The van der Waals surface area contributed by atoms with Gasteiger partial charge < -0.3 is 10.6 Å². The number of aryl methyl sites for hydroxylation is 1. The predicted molar refractivity (Wildman–Crippen MR) is 64.3 cm³/mol. The van der Waals surface area contributed by atoms with Crippen molar-refractivity contribution in [3.63, 3.8) is 0 Å². The van der Waals surface area contributed by atoms with Gasteiger partial charge in [0.25, 0.3) is 0 Å². The lowest BCUT2D eigenvalue weighted by Crippen LogP contribution is -2.38. The predicted octanol–water partition coefficient (Wildman–Crippen LogP) is 1.32. The second kappa shape index (κ2) is 5.88. The quantitative estimate of drug-likeness (QED) is 0.795. The minimum Gasteiger partial charge on any atom is -0.352 e. The number of hydrogen-bond donors (Lipinski definition) is 2. The summed E-state index contributed by atoms with van der Waals surface area (Å²) in [4.78, 5) is 13.9. The summed E-state index contributed by atoms with van der Waals surface area (Å²) < 4.78 is 0. The maximum absolute atomic E-state index is 11.3. The molecule has 0 aliphatic heterocycles. The molecule has 0 bridgehead atoms. The van der Waals surface area contributed by atoms with E-state index in [2.05, 4.69) is 29.7 Å². The number of nitrogens with one attached hydrogen (secondary N) is 2. The minimum atomic E-state index is 0.0540. The van der Waals surface area contributed by atoms with Gasteiger partial charge in [-0.2, -0.15) is 0 Å². The van der Waals surface area contributed by atoms with Crippen LogP contribution in [-0.2, 0) is 11.2 Å². The van der Waals surface area contributed by atoms with Crippen molar-refractivity contribution in [1.82, 2.24) is 10.6 Å². The average molecular weight is 226 g/mol. The number of rotatable bonds is 5. The number of amides is 1. The molecule has 1 aromatic heterocycles. The molecule has 2 N–H and O–H groups in total. The first-order chi connectivity index (χ1) is 7.11. The second-order valence-electron chi connectivity index (χ2n) is 3.72. The lowest BCUT2D eigenvalue weighted by Gasteiger charge is -2.12. The Morgan fingerprint density at radius 1 is 1.53 bits per heavy atom. The van der Waals surface area contributed by atoms with E-state index in [0.29, 0.717) is 6.54 Å². The zero-order valence-corrected chi connectivity index (χ0v) is 10.3. The molecular formula is C11H18N2OS. The molecule has 84 valence electrons. The van der Waals surface area contributed by atoms with E-state index in [-0.39, 0.29) is 11.9 Å². The van der Waals surface area contributed by atoms with Crippen LogP contribution in [0.2, 0.25) is 0 Å². The Morgan fingerprint density at radius 2 is 2.27 bits per heavy atom. The van der Waals surface area contributed by atoms with Gasteiger partial charge in [-0.05, 0) is 33.0 Å². The van der Waals surface area contributed by atoms with Gasteiger partial charge in [-0.3, -0.25) is 4.79 Å². The van der Waals surface area contributed by atoms with E-state index in [1.807, 2.05) is 6.92 Å². The first-order valence-corrected chi connectivity index (χ1v) is 5.92. The molecule has 1 rings (SSSR count). The average Bonchev–Trinajstić information content (AvgIpc) is 2.51. The molecule has 0 aliphatic carbocycles. The molecule has 0 spiro atoms. The van der Waals surface area contributed by atoms with Crippen LogP contribution in [0.3, 0.4) is 0 Å². The standard InChI is InChI=1S/C11H18N2OS/c1-8(13-11(14)7-12-3)6-10-5-4-9(2)15-10/h4-5,8,12H,6-7H2,1-3H3,(H,13,14). The van der Waals surface area contributed by atoms with Crippen molar-refractivity contribution in [3.8, 4) is 0 Å². The van der Waals surface area contributed by atoms with Crippen LogP contribution in [0.15, 0.2) is 12.1 Å². The van der Waals surface area contributed by atoms with Crippen LogP contribution in [0.5, 0.6) is 0 Å². The van der Waals surface area contributed by atoms with Crippen molar-refractivity contribution in [2.24, 2.45) is 0 Å². The molecule has 1 unspecified atom stereocenters. The zero-order valence-electron chi connectivity index (χ0n) is 9.46. The third kappa shape index (κ3) is 4.44. The molecule has 1 amide bonds. The van der Waals surface area contributed by atoms with E-state index in [0.717, 1.165) is 6.42 Å². The fraction of sp³-hybridized carbons (Fsp3) is 0.545. The Kier molecular flexibility index (Phi) is 4.78. The van der Waals surface area contributed by atoms with Crippen LogP contribution in [0.4, 0.5) is 0 Å². The summed E-state index contributed by atoms with van der Waals surface area (Å²) >= 11 is 1.79. The number of likely N-dealkylation sites (N-methyl/N-ethyl adjacent to an activating group) is 1. The molecule has 4 heteroatoms. The molecule has 0 saturated heterocycles. The second-order valence-corrected chi connectivity index (χ2v) is 5.09. The Labute approximate surface area is 94.9 Å². The molecule has 1 atom stereocenters. The molecule has 0 fully saturated rings. The van der Waals surface area contributed by atoms with Crippen molar-refractivity contribution in [2.75, 3.05) is 13.6 Å². The Hall–Kier alpha value is -0.870. The van der Waals surface area contributed by atoms with Crippen LogP contribution in [0, 0.1) is 6.92 Å². The largest absolute Gasteiger partial charge is 0.352 e. The van der Waals surface area contributed by atoms with Crippen LogP contribution in [0.25, 0.3) is 0 Å². The van der Waals surface area contributed by atoms with Gasteiger partial charge in [-0.25, -0.2) is 0 Å². The van der Waals surface area contributed by atoms with Gasteiger partial charge in [0.05, 0.1) is 6.54 Å². The maximum atomic E-state index is 11.3. The summed E-state index contributed by atoms with van der Waals surface area (Å²) in [5, 5.41) is 5.78. The number of hydrogen-bond acceptors (Lipinski definition) is 3. The van der Waals surface area contributed by atoms with Gasteiger partial charge in [-0.1, -0.05) is 0 Å². The molecule has 0 radical (unpaired) electrons. The van der Waals surface area contributed by atoms with Crippen molar-refractivity contribution < 1.29 is 4.79 Å². The van der Waals surface area contributed by atoms with Gasteiger partial charge >= 0.3 is 0 Å². The SMILES string of the molecule is CNCC(=O)NC(C)Cc1ccc(C)s1. The summed E-state index contributed by atoms with van der Waals surface area (Å²) in [5.74, 6) is 0.0540. The molecule has 15 heavy (non-hydrogen) atoms. The smallest absolute Gasteiger partial charge is 0.234 e. The van der Waals surface area contributed by atoms with Crippen LogP contribution in [0.1, 0.15) is 16.7 Å². The summed E-state index contributed by atoms with van der Waals surface area (Å²) in [6.07, 6.45) is 0.911. The molecule has 0 saturated carbocycles. The summed E-state index contributed by atoms with van der Waals surface area (Å²) in [7, 11) is 1.77. The summed E-state index contributed by atoms with van der Waals surface area (Å²) in [6, 6.07) is 4.44. The highest BCUT2D eigenvalue weighted by Crippen LogP contribution is 2.16. The van der Waals surface area contributed by atoms with Crippen molar-refractivity contribution in [2.45, 2.75) is 26.3 Å². The maximum Gasteiger partial charge on any atom is 0.234 e. The third-order valence-electron chi connectivity index (χ3n) is 2.05. The highest BCUT2D eigenvalue weighted by Gasteiger charge is 2.08. The number of carbonyl (C=O) groups excluding carboxylic acids is 1. The summed E-state index contributed by atoms with van der Waals surface area (Å²) in [6.45, 7) is 4.51. The van der Waals surface area contributed by atoms with E-state index < -0.39 is 0 Å². The van der Waals surface area contributed by atoms with Gasteiger partial charge in [-0.15, -0.1) is 11.3 Å². The Balaban J connectivity index is 2.35. The van der Waals surface area contributed by atoms with Crippen LogP contribution in [-0.4, -0.2) is 25.5 Å². The third-order valence-corrected chi connectivity index (χ3v) is 3.07. The highest BCUT2D eigenvalue weighted by molar-refractivity contribution is 7.11. The molecule has 1 heterocycles. The molecule has 1 aromatic rings. The topological polar surface area (TPSA) is 41.1 Å². The van der Waals surface area contributed by atoms with Crippen LogP contribution >= 0.6 is 11.3 Å². The molecule has 0 aliphatic rings. The monoisotopic (exact) mass is 226 g/mol. The number of thiophene rings is 1. The molecule has 0 aromatic carbocycles. The normalized spacial score (nSPS) is 12.5. The first kappa shape index (κ1) is 12.2. The number of carbonyl (C=O) groups is 1. The minimum absolute atomic E-state index is 0.0540. The van der Waals surface area contributed by atoms with Gasteiger partial charge in [0, 0.05) is 22.2 Å². The van der Waals surface area contributed by atoms with Gasteiger partial charge in [0.1, 0.15) is 0 Å². The molecular weight excluding hydrogens is 208 g/mol. The molecule has 3 nitrogen and oxygen atoms in total. The lowest BCUT2D eigenvalue weighted by molar-refractivity contribution is -0.120. The zero-order chi connectivity index (χ0) is 11.3. The van der Waals surface area contributed by atoms with Gasteiger partial charge in [0.2, 0.25) is 5.91 Å². The van der Waals surface area contributed by atoms with Crippen molar-refractivity contribution in [1.29, 1.82) is 0 Å². The van der Waals surface area contributed by atoms with E-state index in [9.17, 15) is 4.79 Å². The van der Waals surface area contributed by atoms with Crippen molar-refractivity contribution >= 4 is 17.2 Å². The van der Waals surface area contributed by atoms with E-state index in [1.165, 1.54) is 9.75 Å². The fourth-order valence-corrected chi connectivity index (χ4v) is 2.45. The Morgan fingerprint density at radius 3 is 2.80 bits per heavy atom. The van der Waals surface area contributed by atoms with Crippen molar-refractivity contribution in [3.05, 3.63) is 21.9 Å². The van der Waals surface area contributed by atoms with Crippen LogP contribution < -0.4 is 10.6 Å². The Bertz CT molecular complexity index is 322. The van der Waals surface area contributed by atoms with E-state index in [4.69, 9.17) is 0 Å². The summed E-state index contributed by atoms with van der Waals surface area (Å²) in [5.41, 5.74) is 0.